The second kappa shape index (κ2) is 8.14. The van der Waals surface area contributed by atoms with E-state index in [4.69, 9.17) is 0 Å². The van der Waals surface area contributed by atoms with E-state index in [9.17, 15) is 4.79 Å². The third kappa shape index (κ3) is 5.55. The third-order valence-electron chi connectivity index (χ3n) is 2.57. The first-order valence-electron chi connectivity index (χ1n) is 5.92. The Bertz CT molecular complexity index is 178. The minimum Gasteiger partial charge on any atom is -0.339 e. The summed E-state index contributed by atoms with van der Waals surface area (Å²) < 4.78 is 0. The van der Waals surface area contributed by atoms with Crippen LogP contribution in [0.3, 0.4) is 0 Å². The van der Waals surface area contributed by atoms with E-state index in [-0.39, 0.29) is 5.91 Å². The number of halogens is 1. The molecule has 0 unspecified atom stereocenters. The second-order valence-electron chi connectivity index (χ2n) is 4.35. The lowest BCUT2D eigenvalue weighted by Gasteiger charge is -2.32. The summed E-state index contributed by atoms with van der Waals surface area (Å²) >= 11 is 3.33. The first-order chi connectivity index (χ1) is 7.06. The standard InChI is InChI=1S/C12H24BrNO/c1-5-11(6-2)14(9-10(3)4)12(15)7-8-13/h10-11H,5-9H2,1-4H3. The summed E-state index contributed by atoms with van der Waals surface area (Å²) in [6.07, 6.45) is 2.72. The normalized spacial score (nSPS) is 11.1. The lowest BCUT2D eigenvalue weighted by Crippen LogP contribution is -2.42. The number of rotatable bonds is 7. The molecule has 0 saturated carbocycles. The van der Waals surface area contributed by atoms with E-state index in [1.165, 1.54) is 0 Å². The fourth-order valence-corrected chi connectivity index (χ4v) is 2.14. The van der Waals surface area contributed by atoms with Crippen LogP contribution in [0.15, 0.2) is 0 Å². The van der Waals surface area contributed by atoms with Crippen LogP contribution in [0.4, 0.5) is 0 Å². The zero-order chi connectivity index (χ0) is 11.8. The Kier molecular flexibility index (Phi) is 8.12. The van der Waals surface area contributed by atoms with Crippen molar-refractivity contribution in [1.82, 2.24) is 4.90 Å². The first kappa shape index (κ1) is 14.9. The van der Waals surface area contributed by atoms with Crippen molar-refractivity contribution in [2.75, 3.05) is 11.9 Å². The Hall–Kier alpha value is -0.0500. The number of amides is 1. The Balaban J connectivity index is 4.47. The lowest BCUT2D eigenvalue weighted by molar-refractivity contribution is -0.133. The molecule has 0 spiro atoms. The molecule has 15 heavy (non-hydrogen) atoms. The maximum atomic E-state index is 11.9. The van der Waals surface area contributed by atoms with Crippen LogP contribution in [0.25, 0.3) is 0 Å². The summed E-state index contributed by atoms with van der Waals surface area (Å²) in [7, 11) is 0. The van der Waals surface area contributed by atoms with Gasteiger partial charge in [0.25, 0.3) is 0 Å². The van der Waals surface area contributed by atoms with Gasteiger partial charge >= 0.3 is 0 Å². The van der Waals surface area contributed by atoms with Gasteiger partial charge in [0.2, 0.25) is 5.91 Å². The van der Waals surface area contributed by atoms with Crippen molar-refractivity contribution in [3.05, 3.63) is 0 Å². The van der Waals surface area contributed by atoms with Gasteiger partial charge in [0.1, 0.15) is 0 Å². The van der Waals surface area contributed by atoms with Crippen LogP contribution in [0.1, 0.15) is 47.0 Å². The van der Waals surface area contributed by atoms with Gasteiger partial charge in [0, 0.05) is 24.3 Å². The molecule has 0 radical (unpaired) electrons. The van der Waals surface area contributed by atoms with Crippen LogP contribution in [0.5, 0.6) is 0 Å². The smallest absolute Gasteiger partial charge is 0.223 e. The number of carbonyl (C=O) groups is 1. The van der Waals surface area contributed by atoms with Gasteiger partial charge < -0.3 is 4.90 Å². The predicted molar refractivity (Wildman–Crippen MR) is 69.3 cm³/mol. The third-order valence-corrected chi connectivity index (χ3v) is 2.97. The Morgan fingerprint density at radius 1 is 1.27 bits per heavy atom. The van der Waals surface area contributed by atoms with Crippen molar-refractivity contribution in [2.45, 2.75) is 53.0 Å². The van der Waals surface area contributed by atoms with Crippen molar-refractivity contribution < 1.29 is 4.79 Å². The van der Waals surface area contributed by atoms with E-state index >= 15 is 0 Å². The van der Waals surface area contributed by atoms with Gasteiger partial charge in [-0.05, 0) is 18.8 Å². The van der Waals surface area contributed by atoms with Gasteiger partial charge in [0.05, 0.1) is 0 Å². The summed E-state index contributed by atoms with van der Waals surface area (Å²) in [5.74, 6) is 0.833. The minimum absolute atomic E-state index is 0.286. The van der Waals surface area contributed by atoms with Crippen molar-refractivity contribution in [2.24, 2.45) is 5.92 Å². The highest BCUT2D eigenvalue weighted by molar-refractivity contribution is 9.09. The molecule has 0 aromatic heterocycles. The highest BCUT2D eigenvalue weighted by Gasteiger charge is 2.20. The number of alkyl halides is 1. The summed E-state index contributed by atoms with van der Waals surface area (Å²) in [5, 5.41) is 0.764. The molecule has 0 saturated heterocycles. The highest BCUT2D eigenvalue weighted by atomic mass is 79.9. The largest absolute Gasteiger partial charge is 0.339 e. The van der Waals surface area contributed by atoms with Crippen LogP contribution in [-0.2, 0) is 4.79 Å². The average molecular weight is 278 g/mol. The van der Waals surface area contributed by atoms with Crippen molar-refractivity contribution in [3.8, 4) is 0 Å². The molecular weight excluding hydrogens is 254 g/mol. The maximum Gasteiger partial charge on any atom is 0.223 e. The maximum absolute atomic E-state index is 11.9. The fraction of sp³-hybridized carbons (Fsp3) is 0.917. The molecule has 0 aliphatic heterocycles. The molecule has 0 aromatic carbocycles. The van der Waals surface area contributed by atoms with Gasteiger partial charge in [-0.25, -0.2) is 0 Å². The topological polar surface area (TPSA) is 20.3 Å². The molecule has 0 heterocycles. The Morgan fingerprint density at radius 2 is 1.80 bits per heavy atom. The minimum atomic E-state index is 0.286. The molecule has 90 valence electrons. The van der Waals surface area contributed by atoms with Crippen molar-refractivity contribution >= 4 is 21.8 Å². The van der Waals surface area contributed by atoms with Gasteiger partial charge in [-0.1, -0.05) is 43.6 Å². The quantitative estimate of drug-likeness (QED) is 0.653. The van der Waals surface area contributed by atoms with E-state index in [1.807, 2.05) is 0 Å². The molecule has 0 aromatic rings. The molecule has 0 aliphatic carbocycles. The van der Waals surface area contributed by atoms with Gasteiger partial charge in [-0.15, -0.1) is 0 Å². The molecule has 0 bridgehead atoms. The van der Waals surface area contributed by atoms with Gasteiger partial charge in [-0.2, -0.15) is 0 Å². The molecule has 0 rings (SSSR count). The fourth-order valence-electron chi connectivity index (χ4n) is 1.80. The molecule has 2 nitrogen and oxygen atoms in total. The SMILES string of the molecule is CCC(CC)N(CC(C)C)C(=O)CCBr. The summed E-state index contributed by atoms with van der Waals surface area (Å²) in [6, 6.07) is 0.416. The van der Waals surface area contributed by atoms with Crippen molar-refractivity contribution in [1.29, 1.82) is 0 Å². The molecule has 0 atom stereocenters. The van der Waals surface area contributed by atoms with E-state index in [1.54, 1.807) is 0 Å². The zero-order valence-electron chi connectivity index (χ0n) is 10.4. The first-order valence-corrected chi connectivity index (χ1v) is 7.04. The Morgan fingerprint density at radius 3 is 2.13 bits per heavy atom. The average Bonchev–Trinajstić information content (AvgIpc) is 2.18. The number of hydrogen-bond acceptors (Lipinski definition) is 1. The van der Waals surface area contributed by atoms with E-state index < -0.39 is 0 Å². The summed E-state index contributed by atoms with van der Waals surface area (Å²) in [6.45, 7) is 9.53. The summed E-state index contributed by atoms with van der Waals surface area (Å²) in [5.41, 5.74) is 0. The highest BCUT2D eigenvalue weighted by Crippen LogP contribution is 2.13. The number of nitrogens with zero attached hydrogens (tertiary/aromatic N) is 1. The molecule has 0 N–H and O–H groups in total. The molecular formula is C12H24BrNO. The van der Waals surface area contributed by atoms with E-state index in [2.05, 4.69) is 48.5 Å². The van der Waals surface area contributed by atoms with Gasteiger partial charge in [-0.3, -0.25) is 4.79 Å². The Labute approximate surface area is 103 Å². The van der Waals surface area contributed by atoms with Crippen LogP contribution in [0.2, 0.25) is 0 Å². The second-order valence-corrected chi connectivity index (χ2v) is 5.14. The molecule has 0 fully saturated rings. The van der Waals surface area contributed by atoms with Crippen LogP contribution >= 0.6 is 15.9 Å². The van der Waals surface area contributed by atoms with Crippen LogP contribution in [0, 0.1) is 5.92 Å². The summed E-state index contributed by atoms with van der Waals surface area (Å²) in [4.78, 5) is 14.0. The van der Waals surface area contributed by atoms with E-state index in [0.29, 0.717) is 18.4 Å². The van der Waals surface area contributed by atoms with Crippen LogP contribution in [-0.4, -0.2) is 28.7 Å². The molecule has 1 amide bonds. The number of carbonyl (C=O) groups excluding carboxylic acids is 1. The zero-order valence-corrected chi connectivity index (χ0v) is 12.0. The molecule has 0 aliphatic rings. The van der Waals surface area contributed by atoms with Crippen molar-refractivity contribution in [3.63, 3.8) is 0 Å². The van der Waals surface area contributed by atoms with Crippen LogP contribution < -0.4 is 0 Å². The predicted octanol–water partition coefficient (Wildman–Crippen LogP) is 3.44. The monoisotopic (exact) mass is 277 g/mol. The molecule has 3 heteroatoms. The lowest BCUT2D eigenvalue weighted by atomic mass is 10.1. The van der Waals surface area contributed by atoms with Gasteiger partial charge in [0.15, 0.2) is 0 Å². The number of hydrogen-bond donors (Lipinski definition) is 0. The van der Waals surface area contributed by atoms with E-state index in [0.717, 1.165) is 24.7 Å².